The number of esters is 1. The zero-order valence-electron chi connectivity index (χ0n) is 31.2. The number of phenols is 1. The number of likely N-dealkylation sites (N-methyl/N-ethyl adjacent to an activating group) is 1. The summed E-state index contributed by atoms with van der Waals surface area (Å²) in [7, 11) is 1.45. The lowest BCUT2D eigenvalue weighted by molar-refractivity contribution is -0.156. The Morgan fingerprint density at radius 3 is 2.31 bits per heavy atom. The average Bonchev–Trinajstić information content (AvgIpc) is 3.10. The maximum atomic E-state index is 13.6. The van der Waals surface area contributed by atoms with Gasteiger partial charge < -0.3 is 41.1 Å². The molecule has 0 aromatic heterocycles. The van der Waals surface area contributed by atoms with Crippen LogP contribution in [-0.2, 0) is 39.9 Å². The molecule has 14 heteroatoms. The zero-order valence-corrected chi connectivity index (χ0v) is 31.2. The number of carbonyl (C=O) groups is 6. The van der Waals surface area contributed by atoms with Gasteiger partial charge in [0.15, 0.2) is 0 Å². The van der Waals surface area contributed by atoms with Gasteiger partial charge in [-0.05, 0) is 42.4 Å². The number of amides is 5. The van der Waals surface area contributed by atoms with Gasteiger partial charge in [-0.1, -0.05) is 84.2 Å². The van der Waals surface area contributed by atoms with Crippen molar-refractivity contribution in [2.24, 2.45) is 11.8 Å². The fraction of sp³-hybridized carbons (Fsp3) is 0.579. The van der Waals surface area contributed by atoms with Crippen LogP contribution in [-0.4, -0.2) is 101 Å². The topological polar surface area (TPSA) is 203 Å². The molecule has 6 N–H and O–H groups in total. The van der Waals surface area contributed by atoms with Crippen LogP contribution in [0.2, 0.25) is 0 Å². The molecule has 0 fully saturated rings. The lowest BCUT2D eigenvalue weighted by Gasteiger charge is -2.32. The second-order valence-electron chi connectivity index (χ2n) is 13.7. The number of aliphatic hydroxyl groups excluding tert-OH is 1. The number of unbranched alkanes of at least 4 members (excludes halogenated alkanes) is 4. The molecule has 1 aliphatic heterocycles. The third kappa shape index (κ3) is 14.5. The summed E-state index contributed by atoms with van der Waals surface area (Å²) < 4.78 is 5.62. The van der Waals surface area contributed by atoms with Crippen molar-refractivity contribution in [3.63, 3.8) is 0 Å². The third-order valence-electron chi connectivity index (χ3n) is 8.67. The Hall–Kier alpha value is -4.72. The van der Waals surface area contributed by atoms with E-state index in [1.54, 1.807) is 45.9 Å². The monoisotopic (exact) mass is 727 g/mol. The Balaban J connectivity index is 2.20. The first-order valence-electron chi connectivity index (χ1n) is 18.0. The number of rotatable bonds is 17. The van der Waals surface area contributed by atoms with Gasteiger partial charge in [0.25, 0.3) is 0 Å². The van der Waals surface area contributed by atoms with Gasteiger partial charge in [0, 0.05) is 26.0 Å². The van der Waals surface area contributed by atoms with Crippen LogP contribution >= 0.6 is 0 Å². The van der Waals surface area contributed by atoms with Crippen molar-refractivity contribution in [1.82, 2.24) is 26.2 Å². The van der Waals surface area contributed by atoms with E-state index in [1.807, 2.05) is 6.08 Å². The first-order valence-corrected chi connectivity index (χ1v) is 18.0. The van der Waals surface area contributed by atoms with E-state index in [0.717, 1.165) is 38.2 Å². The predicted molar refractivity (Wildman–Crippen MR) is 195 cm³/mol. The number of allylic oxidation sites excluding steroid dienone is 1. The van der Waals surface area contributed by atoms with Crippen molar-refractivity contribution in [1.29, 1.82) is 0 Å². The van der Waals surface area contributed by atoms with Crippen molar-refractivity contribution in [3.8, 4) is 5.75 Å². The molecule has 5 atom stereocenters. The van der Waals surface area contributed by atoms with Gasteiger partial charge in [0.1, 0.15) is 36.5 Å². The normalized spacial score (nSPS) is 19.8. The summed E-state index contributed by atoms with van der Waals surface area (Å²) >= 11 is 0. The number of aliphatic hydroxyl groups is 1. The molecule has 1 aliphatic rings. The third-order valence-corrected chi connectivity index (χ3v) is 8.67. The first-order chi connectivity index (χ1) is 24.7. The predicted octanol–water partition coefficient (Wildman–Crippen LogP) is 2.03. The minimum atomic E-state index is -1.30. The maximum Gasteiger partial charge on any atom is 0.329 e. The molecule has 1 aromatic carbocycles. The minimum Gasteiger partial charge on any atom is -0.508 e. The highest BCUT2D eigenvalue weighted by molar-refractivity contribution is 5.95. The van der Waals surface area contributed by atoms with Crippen LogP contribution in [0.4, 0.5) is 0 Å². The number of hydrogen-bond donors (Lipinski definition) is 6. The molecule has 1 aromatic rings. The number of benzene rings is 1. The van der Waals surface area contributed by atoms with Gasteiger partial charge in [-0.15, -0.1) is 0 Å². The van der Waals surface area contributed by atoms with Crippen molar-refractivity contribution in [3.05, 3.63) is 54.1 Å². The minimum absolute atomic E-state index is 0.0314. The summed E-state index contributed by atoms with van der Waals surface area (Å²) in [4.78, 5) is 80.4. The molecule has 0 bridgehead atoms. The van der Waals surface area contributed by atoms with E-state index in [4.69, 9.17) is 4.74 Å². The molecule has 0 spiro atoms. The molecular formula is C38H57N5O9. The zero-order chi connectivity index (χ0) is 38.8. The molecule has 52 heavy (non-hydrogen) atoms. The summed E-state index contributed by atoms with van der Waals surface area (Å²) in [5.41, 5.74) is 0.642. The maximum absolute atomic E-state index is 13.6. The Morgan fingerprint density at radius 2 is 1.69 bits per heavy atom. The number of ether oxygens (including phenoxy) is 1. The number of cyclic esters (lactones) is 1. The number of nitrogens with one attached hydrogen (secondary N) is 4. The smallest absolute Gasteiger partial charge is 0.329 e. The van der Waals surface area contributed by atoms with Crippen LogP contribution in [0.15, 0.2) is 48.6 Å². The SMILES string of the molecule is CCCCCCC=CCC(=O)NC(CO)C(=O)NC(C(=O)NC1C=CC(=O)NC(C(C)C)C(=O)N(C)C(Cc2ccc(O)cc2)C(=O)OC1)C(C)C. The Bertz CT molecular complexity index is 1410. The van der Waals surface area contributed by atoms with E-state index in [2.05, 4.69) is 28.2 Å². The van der Waals surface area contributed by atoms with E-state index in [0.29, 0.717) is 5.56 Å². The highest BCUT2D eigenvalue weighted by atomic mass is 16.5. The van der Waals surface area contributed by atoms with E-state index in [-0.39, 0.29) is 24.5 Å². The number of aromatic hydroxyl groups is 1. The molecule has 2 rings (SSSR count). The second kappa shape index (κ2) is 22.3. The second-order valence-corrected chi connectivity index (χ2v) is 13.7. The average molecular weight is 728 g/mol. The highest BCUT2D eigenvalue weighted by Crippen LogP contribution is 2.17. The first kappa shape index (κ1) is 43.4. The number of nitrogens with zero attached hydrogens (tertiary/aromatic N) is 1. The lowest BCUT2D eigenvalue weighted by Crippen LogP contribution is -2.58. The van der Waals surface area contributed by atoms with Crippen molar-refractivity contribution in [2.45, 2.75) is 110 Å². The van der Waals surface area contributed by atoms with Gasteiger partial charge in [-0.3, -0.25) is 24.0 Å². The largest absolute Gasteiger partial charge is 0.508 e. The van der Waals surface area contributed by atoms with Gasteiger partial charge in [0.2, 0.25) is 29.5 Å². The summed E-state index contributed by atoms with van der Waals surface area (Å²) in [6, 6.07) is 0.620. The summed E-state index contributed by atoms with van der Waals surface area (Å²) in [6.45, 7) is 7.93. The fourth-order valence-electron chi connectivity index (χ4n) is 5.44. The Morgan fingerprint density at radius 1 is 1.00 bits per heavy atom. The number of hydrogen-bond acceptors (Lipinski definition) is 9. The van der Waals surface area contributed by atoms with Crippen LogP contribution in [0.25, 0.3) is 0 Å². The molecular weight excluding hydrogens is 670 g/mol. The van der Waals surface area contributed by atoms with Gasteiger partial charge >= 0.3 is 5.97 Å². The molecule has 288 valence electrons. The summed E-state index contributed by atoms with van der Waals surface area (Å²) in [6.07, 6.45) is 11.4. The van der Waals surface area contributed by atoms with Crippen molar-refractivity contribution in [2.75, 3.05) is 20.3 Å². The van der Waals surface area contributed by atoms with Gasteiger partial charge in [-0.25, -0.2) is 4.79 Å². The van der Waals surface area contributed by atoms with Crippen LogP contribution in [0.3, 0.4) is 0 Å². The molecule has 1 heterocycles. The Labute approximate surface area is 306 Å². The van der Waals surface area contributed by atoms with E-state index >= 15 is 0 Å². The van der Waals surface area contributed by atoms with Crippen LogP contribution < -0.4 is 21.3 Å². The number of carbonyl (C=O) groups excluding carboxylic acids is 6. The molecule has 5 amide bonds. The summed E-state index contributed by atoms with van der Waals surface area (Å²) in [5.74, 6) is -4.50. The standard InChI is InChI=1S/C38H57N5O9/c1-7-8-9-10-11-12-13-14-31(46)40-29(22-44)35(48)42-33(24(2)3)36(49)39-27-17-20-32(47)41-34(25(4)5)37(50)43(6)30(38(51)52-23-27)21-26-15-18-28(45)19-16-26/h12-13,15-20,24-25,27,29-30,33-34,44-45H,7-11,14,21-23H2,1-6H3,(H,39,49)(H,40,46)(H,41,47)(H,42,48). The number of phenolic OH excluding ortho intramolecular Hbond substituents is 1. The molecule has 14 nitrogen and oxygen atoms in total. The summed E-state index contributed by atoms with van der Waals surface area (Å²) in [5, 5.41) is 30.1. The molecule has 0 radical (unpaired) electrons. The van der Waals surface area contributed by atoms with E-state index in [1.165, 1.54) is 30.2 Å². The quantitative estimate of drug-likeness (QED) is 0.0789. The van der Waals surface area contributed by atoms with Crippen molar-refractivity contribution < 1.29 is 43.7 Å². The van der Waals surface area contributed by atoms with E-state index in [9.17, 15) is 39.0 Å². The molecule has 0 saturated carbocycles. The molecule has 0 aliphatic carbocycles. The molecule has 5 unspecified atom stereocenters. The van der Waals surface area contributed by atoms with Crippen LogP contribution in [0.1, 0.15) is 78.7 Å². The van der Waals surface area contributed by atoms with Crippen LogP contribution in [0, 0.1) is 11.8 Å². The fourth-order valence-corrected chi connectivity index (χ4v) is 5.44. The van der Waals surface area contributed by atoms with Crippen molar-refractivity contribution >= 4 is 35.5 Å². The van der Waals surface area contributed by atoms with Gasteiger partial charge in [0.05, 0.1) is 12.6 Å². The lowest BCUT2D eigenvalue weighted by atomic mass is 9.99. The van der Waals surface area contributed by atoms with Gasteiger partial charge in [-0.2, -0.15) is 0 Å². The van der Waals surface area contributed by atoms with E-state index < -0.39 is 84.8 Å². The van der Waals surface area contributed by atoms with Crippen LogP contribution in [0.5, 0.6) is 5.75 Å². The molecule has 0 saturated heterocycles. The Kier molecular flexibility index (Phi) is 18.6. The highest BCUT2D eigenvalue weighted by Gasteiger charge is 2.36.